The van der Waals surface area contributed by atoms with Crippen LogP contribution in [-0.2, 0) is 4.74 Å². The third-order valence-corrected chi connectivity index (χ3v) is 3.83. The van der Waals surface area contributed by atoms with Crippen molar-refractivity contribution in [1.29, 1.82) is 0 Å². The zero-order valence-corrected chi connectivity index (χ0v) is 12.3. The van der Waals surface area contributed by atoms with Gasteiger partial charge in [0.2, 0.25) is 0 Å². The monoisotopic (exact) mass is 265 g/mol. The van der Waals surface area contributed by atoms with Crippen LogP contribution in [0.4, 0.5) is 4.79 Å². The maximum atomic E-state index is 11.9. The molecule has 5 nitrogen and oxygen atoms in total. The fourth-order valence-electron chi connectivity index (χ4n) is 2.68. The highest BCUT2D eigenvalue weighted by Crippen LogP contribution is 2.63. The van der Waals surface area contributed by atoms with Gasteiger partial charge in [-0.3, -0.25) is 0 Å². The molecule has 0 amide bonds. The van der Waals surface area contributed by atoms with E-state index in [1.807, 2.05) is 20.8 Å². The number of aromatic nitrogens is 2. The van der Waals surface area contributed by atoms with Gasteiger partial charge in [0, 0.05) is 12.1 Å². The van der Waals surface area contributed by atoms with Crippen molar-refractivity contribution in [1.82, 2.24) is 9.55 Å². The number of hydrogen-bond acceptors (Lipinski definition) is 4. The van der Waals surface area contributed by atoms with Gasteiger partial charge in [-0.05, 0) is 38.6 Å². The maximum Gasteiger partial charge on any atom is 0.419 e. The van der Waals surface area contributed by atoms with Crippen molar-refractivity contribution in [3.63, 3.8) is 0 Å². The molecule has 0 spiro atoms. The van der Waals surface area contributed by atoms with Gasteiger partial charge in [-0.2, -0.15) is 0 Å². The molecular formula is C14H23N3O2. The van der Waals surface area contributed by atoms with Crippen LogP contribution in [-0.4, -0.2) is 27.8 Å². The quantitative estimate of drug-likeness (QED) is 0.891. The summed E-state index contributed by atoms with van der Waals surface area (Å²) in [6, 6.07) is 0. The molecule has 5 heteroatoms. The van der Waals surface area contributed by atoms with E-state index in [0.29, 0.717) is 18.4 Å². The normalized spacial score (nSPS) is 25.2. The summed E-state index contributed by atoms with van der Waals surface area (Å²) in [6.07, 6.45) is 2.88. The lowest BCUT2D eigenvalue weighted by Crippen LogP contribution is -2.26. The first-order valence-electron chi connectivity index (χ1n) is 6.64. The highest BCUT2D eigenvalue weighted by Gasteiger charge is 2.58. The van der Waals surface area contributed by atoms with Gasteiger partial charge in [0.25, 0.3) is 0 Å². The zero-order chi connectivity index (χ0) is 14.4. The predicted octanol–water partition coefficient (Wildman–Crippen LogP) is 2.36. The summed E-state index contributed by atoms with van der Waals surface area (Å²) >= 11 is 0. The fourth-order valence-corrected chi connectivity index (χ4v) is 2.68. The number of carbonyl (C=O) groups is 1. The number of carbonyl (C=O) groups excluding carboxylic acids is 1. The van der Waals surface area contributed by atoms with E-state index in [9.17, 15) is 4.79 Å². The molecule has 106 valence electrons. The van der Waals surface area contributed by atoms with E-state index in [1.54, 1.807) is 6.20 Å². The summed E-state index contributed by atoms with van der Waals surface area (Å²) < 4.78 is 6.71. The molecule has 2 atom stereocenters. The van der Waals surface area contributed by atoms with Gasteiger partial charge >= 0.3 is 6.09 Å². The smallest absolute Gasteiger partial charge is 0.419 e. The first kappa shape index (κ1) is 14.1. The molecule has 0 saturated heterocycles. The minimum Gasteiger partial charge on any atom is -0.443 e. The van der Waals surface area contributed by atoms with E-state index < -0.39 is 11.7 Å². The molecule has 1 heterocycles. The number of imidazole rings is 1. The molecule has 1 aromatic rings. The van der Waals surface area contributed by atoms with Crippen LogP contribution >= 0.6 is 0 Å². The van der Waals surface area contributed by atoms with E-state index in [4.69, 9.17) is 10.5 Å². The molecule has 2 N–H and O–H groups in total. The summed E-state index contributed by atoms with van der Waals surface area (Å²) in [5.41, 5.74) is 6.35. The Morgan fingerprint density at radius 1 is 1.53 bits per heavy atom. The maximum absolute atomic E-state index is 11.9. The van der Waals surface area contributed by atoms with Gasteiger partial charge in [0.1, 0.15) is 11.9 Å². The number of hydrogen-bond donors (Lipinski definition) is 1. The second kappa shape index (κ2) is 4.34. The van der Waals surface area contributed by atoms with Crippen LogP contribution in [0.25, 0.3) is 0 Å². The van der Waals surface area contributed by atoms with Crippen molar-refractivity contribution >= 4 is 6.09 Å². The Balaban J connectivity index is 2.11. The number of nitrogens with two attached hydrogens (primary N) is 1. The molecule has 0 aromatic carbocycles. The molecule has 2 rings (SSSR count). The van der Waals surface area contributed by atoms with E-state index in [-0.39, 0.29) is 5.41 Å². The minimum atomic E-state index is -0.500. The largest absolute Gasteiger partial charge is 0.443 e. The molecule has 1 aliphatic carbocycles. The highest BCUT2D eigenvalue weighted by molar-refractivity contribution is 5.70. The standard InChI is InChI=1S/C14H23N3O2/c1-13(2,3)19-12(18)17-7-10(16-8-17)11-9(6-15)14(11,4)5/h7-9,11H,6,15H2,1-5H3. The second-order valence-corrected chi connectivity index (χ2v) is 6.83. The average Bonchev–Trinajstić information content (AvgIpc) is 2.63. The van der Waals surface area contributed by atoms with Gasteiger partial charge in [0.15, 0.2) is 0 Å². The average molecular weight is 265 g/mol. The van der Waals surface area contributed by atoms with Gasteiger partial charge in [-0.25, -0.2) is 14.3 Å². The van der Waals surface area contributed by atoms with E-state index >= 15 is 0 Å². The number of ether oxygens (including phenoxy) is 1. The van der Waals surface area contributed by atoms with Crippen molar-refractivity contribution in [3.05, 3.63) is 18.2 Å². The Kier molecular flexibility index (Phi) is 3.21. The Morgan fingerprint density at radius 2 is 2.16 bits per heavy atom. The Hall–Kier alpha value is -1.36. The van der Waals surface area contributed by atoms with Gasteiger partial charge < -0.3 is 10.5 Å². The molecule has 0 bridgehead atoms. The molecular weight excluding hydrogens is 242 g/mol. The van der Waals surface area contributed by atoms with Crippen molar-refractivity contribution in [2.24, 2.45) is 17.1 Å². The van der Waals surface area contributed by atoms with Crippen LogP contribution in [0.15, 0.2) is 12.5 Å². The third kappa shape index (κ3) is 2.66. The van der Waals surface area contributed by atoms with Gasteiger partial charge in [-0.15, -0.1) is 0 Å². The minimum absolute atomic E-state index is 0.169. The number of rotatable bonds is 2. The summed E-state index contributed by atoms with van der Waals surface area (Å²) in [7, 11) is 0. The van der Waals surface area contributed by atoms with Gasteiger partial charge in [0.05, 0.1) is 5.69 Å². The van der Waals surface area contributed by atoms with E-state index in [0.717, 1.165) is 5.69 Å². The molecule has 0 radical (unpaired) electrons. The van der Waals surface area contributed by atoms with E-state index in [2.05, 4.69) is 18.8 Å². The van der Waals surface area contributed by atoms with E-state index in [1.165, 1.54) is 10.9 Å². The Bertz CT molecular complexity index is 485. The first-order chi connectivity index (χ1) is 8.66. The van der Waals surface area contributed by atoms with Crippen LogP contribution in [0.3, 0.4) is 0 Å². The summed E-state index contributed by atoms with van der Waals surface area (Å²) in [5.74, 6) is 0.774. The summed E-state index contributed by atoms with van der Waals surface area (Å²) in [5, 5.41) is 0. The third-order valence-electron chi connectivity index (χ3n) is 3.83. The van der Waals surface area contributed by atoms with Crippen molar-refractivity contribution in [2.75, 3.05) is 6.54 Å². The molecule has 19 heavy (non-hydrogen) atoms. The van der Waals surface area contributed by atoms with Gasteiger partial charge in [-0.1, -0.05) is 13.8 Å². The highest BCUT2D eigenvalue weighted by atomic mass is 16.6. The molecule has 1 aromatic heterocycles. The van der Waals surface area contributed by atoms with Crippen LogP contribution in [0, 0.1) is 11.3 Å². The zero-order valence-electron chi connectivity index (χ0n) is 12.3. The topological polar surface area (TPSA) is 70.1 Å². The lowest BCUT2D eigenvalue weighted by molar-refractivity contribution is 0.0536. The molecule has 1 saturated carbocycles. The second-order valence-electron chi connectivity index (χ2n) is 6.83. The number of nitrogens with zero attached hydrogens (tertiary/aromatic N) is 2. The molecule has 1 fully saturated rings. The molecule has 1 aliphatic rings. The van der Waals surface area contributed by atoms with Crippen LogP contribution < -0.4 is 5.73 Å². The Labute approximate surface area is 114 Å². The van der Waals surface area contributed by atoms with Crippen LogP contribution in [0.5, 0.6) is 0 Å². The van der Waals surface area contributed by atoms with Crippen LogP contribution in [0.2, 0.25) is 0 Å². The molecule has 0 aliphatic heterocycles. The SMILES string of the molecule is CC(C)(C)OC(=O)n1cnc(C2C(CN)C2(C)C)c1. The van der Waals surface area contributed by atoms with Crippen molar-refractivity contribution in [3.8, 4) is 0 Å². The summed E-state index contributed by atoms with van der Waals surface area (Å²) in [6.45, 7) is 10.5. The van der Waals surface area contributed by atoms with Crippen molar-refractivity contribution < 1.29 is 9.53 Å². The lowest BCUT2D eigenvalue weighted by atomic mass is 10.1. The molecule has 2 unspecified atom stereocenters. The van der Waals surface area contributed by atoms with Crippen LogP contribution in [0.1, 0.15) is 46.2 Å². The lowest BCUT2D eigenvalue weighted by Gasteiger charge is -2.19. The van der Waals surface area contributed by atoms with Crippen molar-refractivity contribution in [2.45, 2.75) is 46.1 Å². The first-order valence-corrected chi connectivity index (χ1v) is 6.64. The predicted molar refractivity (Wildman–Crippen MR) is 72.9 cm³/mol. The fraction of sp³-hybridized carbons (Fsp3) is 0.714. The summed E-state index contributed by atoms with van der Waals surface area (Å²) in [4.78, 5) is 16.2. The Morgan fingerprint density at radius 3 is 2.63 bits per heavy atom.